The second-order valence-electron chi connectivity index (χ2n) is 6.31. The van der Waals surface area contributed by atoms with Gasteiger partial charge in [-0.2, -0.15) is 0 Å². The number of ketones is 1. The van der Waals surface area contributed by atoms with Crippen LogP contribution in [0.5, 0.6) is 0 Å². The summed E-state index contributed by atoms with van der Waals surface area (Å²) in [6.07, 6.45) is 0. The Morgan fingerprint density at radius 1 is 1.11 bits per heavy atom. The summed E-state index contributed by atoms with van der Waals surface area (Å²) in [5, 5.41) is 18.8. The molecule has 0 aliphatic carbocycles. The molecule has 2 heterocycles. The molecular formula is C20H14FN3O3S. The van der Waals surface area contributed by atoms with Crippen LogP contribution >= 0.6 is 11.3 Å². The SMILES string of the molecule is Cc1ccc([C@@H]2/C(=C(\O)c3ccc(F)cc3)C(=O)C(=O)N2c2nncs2)cc1. The summed E-state index contributed by atoms with van der Waals surface area (Å²) in [5.41, 5.74) is 3.28. The molecular weight excluding hydrogens is 381 g/mol. The van der Waals surface area contributed by atoms with Crippen LogP contribution in [0.3, 0.4) is 0 Å². The second-order valence-corrected chi connectivity index (χ2v) is 7.12. The van der Waals surface area contributed by atoms with Gasteiger partial charge in [0.15, 0.2) is 0 Å². The Hall–Kier alpha value is -3.39. The predicted octanol–water partition coefficient (Wildman–Crippen LogP) is 3.61. The molecule has 0 unspecified atom stereocenters. The number of rotatable bonds is 3. The van der Waals surface area contributed by atoms with Crippen LogP contribution in [0.2, 0.25) is 0 Å². The van der Waals surface area contributed by atoms with E-state index in [4.69, 9.17) is 0 Å². The molecule has 1 N–H and O–H groups in total. The first-order chi connectivity index (χ1) is 13.5. The number of carbonyl (C=O) groups excluding carboxylic acids is 2. The molecule has 28 heavy (non-hydrogen) atoms. The van der Waals surface area contributed by atoms with Crippen LogP contribution < -0.4 is 4.90 Å². The van der Waals surface area contributed by atoms with Crippen molar-refractivity contribution in [1.29, 1.82) is 0 Å². The largest absolute Gasteiger partial charge is 0.507 e. The summed E-state index contributed by atoms with van der Waals surface area (Å²) in [6.45, 7) is 1.92. The fraction of sp³-hybridized carbons (Fsp3) is 0.100. The predicted molar refractivity (Wildman–Crippen MR) is 102 cm³/mol. The fourth-order valence-corrected chi connectivity index (χ4v) is 3.71. The number of amides is 1. The summed E-state index contributed by atoms with van der Waals surface area (Å²) < 4.78 is 13.3. The van der Waals surface area contributed by atoms with E-state index in [0.29, 0.717) is 5.56 Å². The van der Waals surface area contributed by atoms with Crippen LogP contribution in [0, 0.1) is 12.7 Å². The lowest BCUT2D eigenvalue weighted by molar-refractivity contribution is -0.132. The Kier molecular flexibility index (Phi) is 4.48. The first-order valence-corrected chi connectivity index (χ1v) is 9.25. The van der Waals surface area contributed by atoms with E-state index in [9.17, 15) is 19.1 Å². The molecule has 1 fully saturated rings. The van der Waals surface area contributed by atoms with Gasteiger partial charge in [0, 0.05) is 5.56 Å². The standard InChI is InChI=1S/C20H14FN3O3S/c1-11-2-4-12(5-3-11)16-15(17(25)13-6-8-14(21)9-7-13)18(26)19(27)24(16)20-23-22-10-28-20/h2-10,16,25H,1H3/b17-15+/t16-/m1/s1. The van der Waals surface area contributed by atoms with Crippen molar-refractivity contribution in [1.82, 2.24) is 10.2 Å². The van der Waals surface area contributed by atoms with Gasteiger partial charge in [-0.15, -0.1) is 10.2 Å². The van der Waals surface area contributed by atoms with Crippen molar-refractivity contribution in [3.63, 3.8) is 0 Å². The number of aromatic nitrogens is 2. The molecule has 0 spiro atoms. The van der Waals surface area contributed by atoms with Crippen molar-refractivity contribution >= 4 is 33.9 Å². The van der Waals surface area contributed by atoms with Crippen LogP contribution in [0.1, 0.15) is 22.7 Å². The minimum absolute atomic E-state index is 0.0735. The van der Waals surface area contributed by atoms with E-state index in [-0.39, 0.29) is 22.0 Å². The van der Waals surface area contributed by atoms with E-state index >= 15 is 0 Å². The highest BCUT2D eigenvalue weighted by molar-refractivity contribution is 7.13. The first-order valence-electron chi connectivity index (χ1n) is 8.37. The van der Waals surface area contributed by atoms with Crippen molar-refractivity contribution in [3.8, 4) is 0 Å². The number of benzene rings is 2. The Balaban J connectivity index is 1.93. The summed E-state index contributed by atoms with van der Waals surface area (Å²) in [6, 6.07) is 11.5. The van der Waals surface area contributed by atoms with Gasteiger partial charge in [-0.1, -0.05) is 41.2 Å². The average molecular weight is 395 g/mol. The van der Waals surface area contributed by atoms with Crippen LogP contribution in [-0.4, -0.2) is 27.0 Å². The van der Waals surface area contributed by atoms with Gasteiger partial charge in [-0.05, 0) is 36.8 Å². The van der Waals surface area contributed by atoms with E-state index in [1.54, 1.807) is 12.1 Å². The highest BCUT2D eigenvalue weighted by atomic mass is 32.1. The van der Waals surface area contributed by atoms with Gasteiger partial charge in [-0.3, -0.25) is 14.5 Å². The molecule has 6 nitrogen and oxygen atoms in total. The quantitative estimate of drug-likeness (QED) is 0.416. The molecule has 8 heteroatoms. The molecule has 3 aromatic rings. The van der Waals surface area contributed by atoms with Crippen LogP contribution in [0.15, 0.2) is 59.6 Å². The molecule has 1 aliphatic heterocycles. The number of carbonyl (C=O) groups is 2. The van der Waals surface area contributed by atoms with E-state index in [1.165, 1.54) is 34.7 Å². The minimum atomic E-state index is -0.862. The number of anilines is 1. The third kappa shape index (κ3) is 2.97. The number of aliphatic hydroxyl groups is 1. The fourth-order valence-electron chi connectivity index (χ4n) is 3.13. The maximum absolute atomic E-state index is 13.3. The second kappa shape index (κ2) is 6.97. The molecule has 0 saturated carbocycles. The molecule has 1 atom stereocenters. The summed E-state index contributed by atoms with van der Waals surface area (Å²) >= 11 is 1.12. The Labute approximate surface area is 163 Å². The topological polar surface area (TPSA) is 83.4 Å². The van der Waals surface area contributed by atoms with Gasteiger partial charge >= 0.3 is 5.91 Å². The van der Waals surface area contributed by atoms with E-state index < -0.39 is 23.5 Å². The van der Waals surface area contributed by atoms with Gasteiger partial charge in [0.25, 0.3) is 5.78 Å². The van der Waals surface area contributed by atoms with E-state index in [2.05, 4.69) is 10.2 Å². The summed E-state index contributed by atoms with van der Waals surface area (Å²) in [7, 11) is 0. The van der Waals surface area contributed by atoms with Crippen LogP contribution in [0.25, 0.3) is 5.76 Å². The zero-order valence-corrected chi connectivity index (χ0v) is 15.5. The van der Waals surface area contributed by atoms with Gasteiger partial charge < -0.3 is 5.11 Å². The molecule has 0 bridgehead atoms. The number of nitrogens with zero attached hydrogens (tertiary/aromatic N) is 3. The molecule has 1 aliphatic rings. The lowest BCUT2D eigenvalue weighted by atomic mass is 9.95. The lowest BCUT2D eigenvalue weighted by Crippen LogP contribution is -2.29. The molecule has 4 rings (SSSR count). The number of aliphatic hydroxyl groups excluding tert-OH is 1. The van der Waals surface area contributed by atoms with Crippen molar-refractivity contribution < 1.29 is 19.1 Å². The van der Waals surface area contributed by atoms with Crippen LogP contribution in [-0.2, 0) is 9.59 Å². The molecule has 0 radical (unpaired) electrons. The van der Waals surface area contributed by atoms with Crippen LogP contribution in [0.4, 0.5) is 9.52 Å². The van der Waals surface area contributed by atoms with Crippen molar-refractivity contribution in [2.24, 2.45) is 0 Å². The molecule has 1 amide bonds. The Morgan fingerprint density at radius 2 is 1.79 bits per heavy atom. The van der Waals surface area contributed by atoms with Crippen molar-refractivity contribution in [3.05, 3.63) is 82.1 Å². The highest BCUT2D eigenvalue weighted by Crippen LogP contribution is 2.42. The molecule has 1 saturated heterocycles. The van der Waals surface area contributed by atoms with Gasteiger partial charge in [0.05, 0.1) is 11.6 Å². The number of Topliss-reactive ketones (excluding diaryl/α,β-unsaturated/α-hetero) is 1. The Bertz CT molecular complexity index is 1080. The van der Waals surface area contributed by atoms with Crippen molar-refractivity contribution in [2.45, 2.75) is 13.0 Å². The maximum atomic E-state index is 13.3. The highest BCUT2D eigenvalue weighted by Gasteiger charge is 2.48. The minimum Gasteiger partial charge on any atom is -0.507 e. The molecule has 2 aromatic carbocycles. The van der Waals surface area contributed by atoms with Gasteiger partial charge in [-0.25, -0.2) is 4.39 Å². The van der Waals surface area contributed by atoms with Gasteiger partial charge in [0.2, 0.25) is 5.13 Å². The third-order valence-electron chi connectivity index (χ3n) is 4.51. The smallest absolute Gasteiger partial charge is 0.301 e. The first kappa shape index (κ1) is 18.0. The Morgan fingerprint density at radius 3 is 2.39 bits per heavy atom. The number of hydrogen-bond donors (Lipinski definition) is 1. The zero-order chi connectivity index (χ0) is 19.8. The van der Waals surface area contributed by atoms with Crippen molar-refractivity contribution in [2.75, 3.05) is 4.90 Å². The summed E-state index contributed by atoms with van der Waals surface area (Å²) in [5.74, 6) is -2.47. The van der Waals surface area contributed by atoms with E-state index in [0.717, 1.165) is 16.9 Å². The van der Waals surface area contributed by atoms with E-state index in [1.807, 2.05) is 19.1 Å². The maximum Gasteiger partial charge on any atom is 0.301 e. The third-order valence-corrected chi connectivity index (χ3v) is 5.20. The molecule has 1 aromatic heterocycles. The van der Waals surface area contributed by atoms with Gasteiger partial charge in [0.1, 0.15) is 17.1 Å². The number of aryl methyl sites for hydroxylation is 1. The molecule has 140 valence electrons. The monoisotopic (exact) mass is 395 g/mol. The average Bonchev–Trinajstić information content (AvgIpc) is 3.30. The number of hydrogen-bond acceptors (Lipinski definition) is 6. The summed E-state index contributed by atoms with van der Waals surface area (Å²) in [4.78, 5) is 26.8. The zero-order valence-electron chi connectivity index (χ0n) is 14.7. The number of halogens is 1. The normalized spacial score (nSPS) is 18.6. The lowest BCUT2D eigenvalue weighted by Gasteiger charge is -2.22.